The van der Waals surface area contributed by atoms with Crippen LogP contribution in [0.5, 0.6) is 0 Å². The van der Waals surface area contributed by atoms with Crippen molar-refractivity contribution in [1.29, 1.82) is 0 Å². The molecule has 1 aliphatic rings. The second-order valence-corrected chi connectivity index (χ2v) is 6.11. The second kappa shape index (κ2) is 5.66. The number of halogens is 1. The van der Waals surface area contributed by atoms with Gasteiger partial charge >= 0.3 is 0 Å². The second-order valence-electron chi connectivity index (χ2n) is 5.26. The number of rotatable bonds is 2. The van der Waals surface area contributed by atoms with Gasteiger partial charge < -0.3 is 4.74 Å². The molecule has 1 saturated heterocycles. The molecule has 4 nitrogen and oxygen atoms in total. The van der Waals surface area contributed by atoms with E-state index in [4.69, 9.17) is 4.74 Å². The van der Waals surface area contributed by atoms with E-state index in [-0.39, 0.29) is 6.23 Å². The topological polar surface area (TPSA) is 39.9 Å². The van der Waals surface area contributed by atoms with Crippen LogP contribution in [0.15, 0.2) is 22.8 Å². The Labute approximate surface area is 127 Å². The summed E-state index contributed by atoms with van der Waals surface area (Å²) in [6.45, 7) is 4.89. The molecule has 106 valence electrons. The van der Waals surface area contributed by atoms with Crippen molar-refractivity contribution in [3.63, 3.8) is 0 Å². The van der Waals surface area contributed by atoms with Gasteiger partial charge in [0.1, 0.15) is 0 Å². The van der Waals surface area contributed by atoms with Crippen LogP contribution in [-0.4, -0.2) is 21.4 Å². The van der Waals surface area contributed by atoms with Gasteiger partial charge in [-0.05, 0) is 66.7 Å². The molecule has 1 aliphatic heterocycles. The van der Waals surface area contributed by atoms with Crippen molar-refractivity contribution in [2.24, 2.45) is 0 Å². The van der Waals surface area contributed by atoms with Crippen molar-refractivity contribution in [2.45, 2.75) is 39.3 Å². The summed E-state index contributed by atoms with van der Waals surface area (Å²) in [5.41, 5.74) is 4.15. The number of aromatic nitrogens is 3. The first-order chi connectivity index (χ1) is 9.65. The zero-order valence-corrected chi connectivity index (χ0v) is 13.4. The van der Waals surface area contributed by atoms with E-state index in [1.165, 1.54) is 12.0 Å². The van der Waals surface area contributed by atoms with Crippen molar-refractivity contribution in [2.75, 3.05) is 6.61 Å². The first-order valence-corrected chi connectivity index (χ1v) is 7.75. The Morgan fingerprint density at radius 3 is 2.85 bits per heavy atom. The Bertz CT molecular complexity index is 618. The van der Waals surface area contributed by atoms with Gasteiger partial charge in [-0.3, -0.25) is 4.98 Å². The quantitative estimate of drug-likeness (QED) is 0.831. The van der Waals surface area contributed by atoms with Crippen molar-refractivity contribution < 1.29 is 4.74 Å². The van der Waals surface area contributed by atoms with E-state index in [0.29, 0.717) is 0 Å². The van der Waals surface area contributed by atoms with Crippen molar-refractivity contribution in [1.82, 2.24) is 14.8 Å². The lowest BCUT2D eigenvalue weighted by atomic mass is 10.1. The fraction of sp³-hybridized carbons (Fsp3) is 0.467. The lowest BCUT2D eigenvalue weighted by Gasteiger charge is -2.24. The molecule has 0 saturated carbocycles. The van der Waals surface area contributed by atoms with Gasteiger partial charge in [-0.25, -0.2) is 4.68 Å². The number of pyridine rings is 1. The summed E-state index contributed by atoms with van der Waals surface area (Å²) in [6, 6.07) is 4.16. The third-order valence-corrected chi connectivity index (χ3v) is 4.43. The third-order valence-electron chi connectivity index (χ3n) is 3.60. The number of hydrogen-bond acceptors (Lipinski definition) is 3. The maximum absolute atomic E-state index is 5.86. The Kier molecular flexibility index (Phi) is 3.89. The molecule has 0 amide bonds. The van der Waals surface area contributed by atoms with Crippen LogP contribution in [0, 0.1) is 13.8 Å². The first-order valence-electron chi connectivity index (χ1n) is 6.95. The van der Waals surface area contributed by atoms with Crippen LogP contribution in [0.4, 0.5) is 0 Å². The average molecular weight is 336 g/mol. The summed E-state index contributed by atoms with van der Waals surface area (Å²) in [4.78, 5) is 4.51. The van der Waals surface area contributed by atoms with Crippen LogP contribution in [0.25, 0.3) is 11.4 Å². The summed E-state index contributed by atoms with van der Waals surface area (Å²) in [6.07, 6.45) is 5.23. The van der Waals surface area contributed by atoms with E-state index in [2.05, 4.69) is 45.1 Å². The van der Waals surface area contributed by atoms with Crippen molar-refractivity contribution >= 4 is 15.9 Å². The van der Waals surface area contributed by atoms with Crippen LogP contribution in [0.3, 0.4) is 0 Å². The van der Waals surface area contributed by atoms with Gasteiger partial charge in [0.15, 0.2) is 6.23 Å². The number of aryl methyl sites for hydroxylation is 2. The van der Waals surface area contributed by atoms with Gasteiger partial charge in [-0.1, -0.05) is 0 Å². The monoisotopic (exact) mass is 335 g/mol. The van der Waals surface area contributed by atoms with Gasteiger partial charge in [0, 0.05) is 17.3 Å². The van der Waals surface area contributed by atoms with Crippen LogP contribution >= 0.6 is 15.9 Å². The number of nitrogens with zero attached hydrogens (tertiary/aromatic N) is 3. The van der Waals surface area contributed by atoms with Crippen LogP contribution in [0.1, 0.15) is 36.7 Å². The van der Waals surface area contributed by atoms with Gasteiger partial charge in [0.05, 0.1) is 17.1 Å². The van der Waals surface area contributed by atoms with E-state index >= 15 is 0 Å². The number of hydrogen-bond donors (Lipinski definition) is 0. The summed E-state index contributed by atoms with van der Waals surface area (Å²) >= 11 is 3.49. The van der Waals surface area contributed by atoms with E-state index in [0.717, 1.165) is 41.0 Å². The molecule has 3 rings (SSSR count). The highest BCUT2D eigenvalue weighted by Gasteiger charge is 2.21. The SMILES string of the molecule is Cc1cc(-c2cc(C)c(Br)cn2)n(C2CCCCO2)n1. The molecule has 0 bridgehead atoms. The van der Waals surface area contributed by atoms with E-state index in [1.54, 1.807) is 0 Å². The van der Waals surface area contributed by atoms with Gasteiger partial charge in [0.25, 0.3) is 0 Å². The molecule has 2 aromatic rings. The van der Waals surface area contributed by atoms with Gasteiger partial charge in [-0.2, -0.15) is 5.10 Å². The first kappa shape index (κ1) is 13.8. The molecule has 0 N–H and O–H groups in total. The standard InChI is InChI=1S/C15H18BrN3O/c1-10-7-13(17-9-12(10)16)14-8-11(2)18-19(14)15-5-3-4-6-20-15/h7-9,15H,3-6H2,1-2H3. The predicted molar refractivity (Wildman–Crippen MR) is 81.5 cm³/mol. The normalized spacial score (nSPS) is 19.2. The van der Waals surface area contributed by atoms with Crippen molar-refractivity contribution in [3.8, 4) is 11.4 Å². The van der Waals surface area contributed by atoms with Gasteiger partial charge in [0.2, 0.25) is 0 Å². The molecule has 5 heteroatoms. The summed E-state index contributed by atoms with van der Waals surface area (Å²) < 4.78 is 8.87. The smallest absolute Gasteiger partial charge is 0.150 e. The van der Waals surface area contributed by atoms with Crippen LogP contribution in [-0.2, 0) is 4.74 Å². The third kappa shape index (κ3) is 2.65. The van der Waals surface area contributed by atoms with Crippen LogP contribution < -0.4 is 0 Å². The highest BCUT2D eigenvalue weighted by molar-refractivity contribution is 9.10. The van der Waals surface area contributed by atoms with Crippen molar-refractivity contribution in [3.05, 3.63) is 34.1 Å². The highest BCUT2D eigenvalue weighted by atomic mass is 79.9. The largest absolute Gasteiger partial charge is 0.356 e. The molecule has 2 aromatic heterocycles. The molecule has 0 radical (unpaired) electrons. The minimum atomic E-state index is 0.0400. The zero-order chi connectivity index (χ0) is 14.1. The maximum Gasteiger partial charge on any atom is 0.150 e. The molecule has 3 heterocycles. The molecule has 0 spiro atoms. The zero-order valence-electron chi connectivity index (χ0n) is 11.8. The van der Waals surface area contributed by atoms with E-state index in [9.17, 15) is 0 Å². The summed E-state index contributed by atoms with van der Waals surface area (Å²) in [5.74, 6) is 0. The fourth-order valence-electron chi connectivity index (χ4n) is 2.52. The van der Waals surface area contributed by atoms with Crippen LogP contribution in [0.2, 0.25) is 0 Å². The minimum Gasteiger partial charge on any atom is -0.356 e. The van der Waals surface area contributed by atoms with Gasteiger partial charge in [-0.15, -0.1) is 0 Å². The molecule has 1 unspecified atom stereocenters. The van der Waals surface area contributed by atoms with E-state index < -0.39 is 0 Å². The Morgan fingerprint density at radius 1 is 1.30 bits per heavy atom. The molecule has 0 aliphatic carbocycles. The minimum absolute atomic E-state index is 0.0400. The highest BCUT2D eigenvalue weighted by Crippen LogP contribution is 2.29. The molecule has 0 aromatic carbocycles. The Balaban J connectivity index is 2.01. The Morgan fingerprint density at radius 2 is 2.15 bits per heavy atom. The lowest BCUT2D eigenvalue weighted by Crippen LogP contribution is -2.20. The Hall–Kier alpha value is -1.20. The molecule has 1 fully saturated rings. The predicted octanol–water partition coefficient (Wildman–Crippen LogP) is 4.02. The molecule has 20 heavy (non-hydrogen) atoms. The summed E-state index contributed by atoms with van der Waals surface area (Å²) in [7, 11) is 0. The molecular weight excluding hydrogens is 318 g/mol. The van der Waals surface area contributed by atoms with E-state index in [1.807, 2.05) is 17.8 Å². The number of ether oxygens (including phenoxy) is 1. The molecular formula is C15H18BrN3O. The summed E-state index contributed by atoms with van der Waals surface area (Å²) in [5, 5.41) is 4.60. The maximum atomic E-state index is 5.86. The molecule has 1 atom stereocenters. The lowest BCUT2D eigenvalue weighted by molar-refractivity contribution is -0.0385. The fourth-order valence-corrected chi connectivity index (χ4v) is 2.74. The average Bonchev–Trinajstić information content (AvgIpc) is 2.85.